The predicted octanol–water partition coefficient (Wildman–Crippen LogP) is 23.8. The van der Waals surface area contributed by atoms with E-state index in [-0.39, 0.29) is 31.1 Å². The molecule has 1 unspecified atom stereocenters. The molecule has 0 amide bonds. The SMILES string of the molecule is CC/C=C\C/C=C\C/C=C\C/C=C\C/C=C\C/C=C\CCCCCCCCCCCCCCC(=O)OCC(COC(=O)CCCCCCC/C=C\CCCCC)OC(=O)CCCCCCCCCCCCCCCCCCCCC. The first-order chi connectivity index (χ1) is 39.5. The van der Waals surface area contributed by atoms with Gasteiger partial charge in [-0.2, -0.15) is 0 Å². The van der Waals surface area contributed by atoms with Crippen LogP contribution < -0.4 is 0 Å². The summed E-state index contributed by atoms with van der Waals surface area (Å²) in [5.41, 5.74) is 0. The molecule has 1 atom stereocenters. The monoisotopic (exact) mass is 1110 g/mol. The Morgan fingerprint density at radius 2 is 0.487 bits per heavy atom. The topological polar surface area (TPSA) is 78.9 Å². The molecule has 462 valence electrons. The maximum absolute atomic E-state index is 12.9. The summed E-state index contributed by atoms with van der Waals surface area (Å²) in [6.45, 7) is 6.54. The maximum atomic E-state index is 12.9. The van der Waals surface area contributed by atoms with E-state index in [1.54, 1.807) is 0 Å². The van der Waals surface area contributed by atoms with Gasteiger partial charge in [-0.15, -0.1) is 0 Å². The van der Waals surface area contributed by atoms with Gasteiger partial charge in [0.1, 0.15) is 13.2 Å². The number of unbranched alkanes of at least 4 members (excludes halogenated alkanes) is 38. The summed E-state index contributed by atoms with van der Waals surface area (Å²) in [5.74, 6) is -0.868. The molecule has 0 aromatic rings. The Hall–Kier alpha value is -3.41. The van der Waals surface area contributed by atoms with Crippen molar-refractivity contribution in [1.29, 1.82) is 0 Å². The van der Waals surface area contributed by atoms with Crippen LogP contribution in [0.5, 0.6) is 0 Å². The van der Waals surface area contributed by atoms with Gasteiger partial charge in [0.2, 0.25) is 0 Å². The highest BCUT2D eigenvalue weighted by molar-refractivity contribution is 5.71. The Balaban J connectivity index is 4.21. The lowest BCUT2D eigenvalue weighted by Crippen LogP contribution is -2.30. The van der Waals surface area contributed by atoms with Crippen molar-refractivity contribution in [1.82, 2.24) is 0 Å². The molecule has 0 fully saturated rings. The van der Waals surface area contributed by atoms with Gasteiger partial charge in [-0.3, -0.25) is 14.4 Å². The third kappa shape index (κ3) is 65.4. The zero-order valence-corrected chi connectivity index (χ0v) is 53.1. The van der Waals surface area contributed by atoms with E-state index in [0.717, 1.165) is 103 Å². The number of rotatable bonds is 63. The van der Waals surface area contributed by atoms with Crippen LogP contribution in [-0.4, -0.2) is 37.2 Å². The van der Waals surface area contributed by atoms with Crippen LogP contribution in [0.2, 0.25) is 0 Å². The molecule has 0 rings (SSSR count). The number of hydrogen-bond acceptors (Lipinski definition) is 6. The minimum atomic E-state index is -0.779. The van der Waals surface area contributed by atoms with Gasteiger partial charge >= 0.3 is 17.9 Å². The fourth-order valence-electron chi connectivity index (χ4n) is 9.97. The largest absolute Gasteiger partial charge is 0.462 e. The summed E-state index contributed by atoms with van der Waals surface area (Å²) >= 11 is 0. The Kier molecular flexibility index (Phi) is 65.2. The molecule has 0 heterocycles. The molecule has 0 aliphatic rings. The highest BCUT2D eigenvalue weighted by Gasteiger charge is 2.19. The number of carbonyl (C=O) groups excluding carboxylic acids is 3. The van der Waals surface area contributed by atoms with Crippen LogP contribution in [-0.2, 0) is 28.6 Å². The van der Waals surface area contributed by atoms with Crippen LogP contribution in [0.4, 0.5) is 0 Å². The lowest BCUT2D eigenvalue weighted by molar-refractivity contribution is -0.167. The van der Waals surface area contributed by atoms with E-state index in [0.29, 0.717) is 19.3 Å². The van der Waals surface area contributed by atoms with Gasteiger partial charge in [-0.05, 0) is 96.3 Å². The molecule has 0 aromatic carbocycles. The molecular weight excluding hydrogens is 985 g/mol. The van der Waals surface area contributed by atoms with E-state index in [2.05, 4.69) is 106 Å². The smallest absolute Gasteiger partial charge is 0.306 e. The predicted molar refractivity (Wildman–Crippen MR) is 348 cm³/mol. The normalized spacial score (nSPS) is 12.6. The van der Waals surface area contributed by atoms with E-state index < -0.39 is 6.10 Å². The van der Waals surface area contributed by atoms with Gasteiger partial charge in [0.05, 0.1) is 0 Å². The minimum Gasteiger partial charge on any atom is -0.462 e. The lowest BCUT2D eigenvalue weighted by atomic mass is 10.0. The van der Waals surface area contributed by atoms with E-state index in [1.807, 2.05) is 0 Å². The van der Waals surface area contributed by atoms with E-state index in [4.69, 9.17) is 14.2 Å². The van der Waals surface area contributed by atoms with Gasteiger partial charge in [0.25, 0.3) is 0 Å². The van der Waals surface area contributed by atoms with Crippen molar-refractivity contribution in [2.75, 3.05) is 13.2 Å². The van der Waals surface area contributed by atoms with Gasteiger partial charge < -0.3 is 14.2 Å². The first kappa shape index (κ1) is 76.6. The van der Waals surface area contributed by atoms with Crippen LogP contribution >= 0.6 is 0 Å². The molecule has 0 spiro atoms. The summed E-state index contributed by atoms with van der Waals surface area (Å²) in [6.07, 6.45) is 90.4. The summed E-state index contributed by atoms with van der Waals surface area (Å²) in [7, 11) is 0. The molecule has 0 aliphatic carbocycles. The number of allylic oxidation sites excluding steroid dienone is 14. The molecule has 0 radical (unpaired) electrons. The van der Waals surface area contributed by atoms with Crippen LogP contribution in [0, 0.1) is 0 Å². The Bertz CT molecular complexity index is 1520. The summed E-state index contributed by atoms with van der Waals surface area (Å²) in [4.78, 5) is 38.4. The van der Waals surface area contributed by atoms with Gasteiger partial charge in [-0.1, -0.05) is 318 Å². The van der Waals surface area contributed by atoms with Gasteiger partial charge in [0.15, 0.2) is 6.10 Å². The third-order valence-corrected chi connectivity index (χ3v) is 15.1. The zero-order valence-electron chi connectivity index (χ0n) is 53.1. The van der Waals surface area contributed by atoms with Gasteiger partial charge in [-0.25, -0.2) is 0 Å². The molecule has 0 bridgehead atoms. The minimum absolute atomic E-state index is 0.0758. The Labute approximate surface area is 496 Å². The first-order valence-corrected chi connectivity index (χ1v) is 34.6. The van der Waals surface area contributed by atoms with Crippen LogP contribution in [0.25, 0.3) is 0 Å². The van der Waals surface area contributed by atoms with E-state index >= 15 is 0 Å². The summed E-state index contributed by atoms with van der Waals surface area (Å²) in [5, 5.41) is 0. The van der Waals surface area contributed by atoms with Crippen molar-refractivity contribution in [2.24, 2.45) is 0 Å². The summed E-state index contributed by atoms with van der Waals surface area (Å²) < 4.78 is 17.0. The van der Waals surface area contributed by atoms with Crippen molar-refractivity contribution in [2.45, 2.75) is 354 Å². The Morgan fingerprint density at radius 1 is 0.263 bits per heavy atom. The maximum Gasteiger partial charge on any atom is 0.306 e. The van der Waals surface area contributed by atoms with E-state index in [1.165, 1.54) is 205 Å². The molecule has 80 heavy (non-hydrogen) atoms. The van der Waals surface area contributed by atoms with Crippen molar-refractivity contribution in [3.05, 3.63) is 85.1 Å². The fraction of sp³-hybridized carbons (Fsp3) is 0.770. The van der Waals surface area contributed by atoms with Crippen molar-refractivity contribution in [3.63, 3.8) is 0 Å². The molecular formula is C74H130O6. The molecule has 0 saturated carbocycles. The average Bonchev–Trinajstić information content (AvgIpc) is 3.46. The second-order valence-electron chi connectivity index (χ2n) is 23.1. The van der Waals surface area contributed by atoms with Crippen LogP contribution in [0.3, 0.4) is 0 Å². The number of esters is 3. The summed E-state index contributed by atoms with van der Waals surface area (Å²) in [6, 6.07) is 0. The number of carbonyl (C=O) groups is 3. The fourth-order valence-corrected chi connectivity index (χ4v) is 9.97. The zero-order chi connectivity index (χ0) is 57.8. The molecule has 0 N–H and O–H groups in total. The molecule has 6 heteroatoms. The quantitative estimate of drug-likeness (QED) is 0.0261. The number of ether oxygens (including phenoxy) is 3. The van der Waals surface area contributed by atoms with Crippen LogP contribution in [0.1, 0.15) is 348 Å². The van der Waals surface area contributed by atoms with E-state index in [9.17, 15) is 14.4 Å². The van der Waals surface area contributed by atoms with Crippen LogP contribution in [0.15, 0.2) is 85.1 Å². The highest BCUT2D eigenvalue weighted by atomic mass is 16.6. The second-order valence-corrected chi connectivity index (χ2v) is 23.1. The second kappa shape index (κ2) is 68.1. The van der Waals surface area contributed by atoms with Gasteiger partial charge in [0, 0.05) is 19.3 Å². The lowest BCUT2D eigenvalue weighted by Gasteiger charge is -2.18. The average molecular weight is 1120 g/mol. The molecule has 0 aromatic heterocycles. The standard InChI is InChI=1S/C74H130O6/c1-4-7-10-13-16-19-22-25-27-29-31-32-33-34-35-36-37-38-39-40-41-42-44-45-47-49-52-55-58-61-64-67-73(76)79-70-71(69-78-72(75)66-63-60-57-54-51-24-21-18-15-12-9-6-3)80-74(77)68-65-62-59-56-53-50-48-46-43-30-28-26-23-20-17-14-11-8-5-2/h7,10,16,18-19,21,25,27,31-32,34-35,37-38,71H,4-6,8-9,11-15,17,20,22-24,26,28-30,33,36,39-70H2,1-3H3/b10-7-,19-16-,21-18-,27-25-,32-31-,35-34-,38-37-. The van der Waals surface area contributed by atoms with Crippen molar-refractivity contribution in [3.8, 4) is 0 Å². The van der Waals surface area contributed by atoms with Crippen molar-refractivity contribution < 1.29 is 28.6 Å². The number of hydrogen-bond donors (Lipinski definition) is 0. The molecule has 0 aliphatic heterocycles. The first-order valence-electron chi connectivity index (χ1n) is 34.6. The Morgan fingerprint density at radius 3 is 0.800 bits per heavy atom. The molecule has 0 saturated heterocycles. The molecule has 6 nitrogen and oxygen atoms in total. The third-order valence-electron chi connectivity index (χ3n) is 15.1. The van der Waals surface area contributed by atoms with Crippen molar-refractivity contribution >= 4 is 17.9 Å². The highest BCUT2D eigenvalue weighted by Crippen LogP contribution is 2.18.